The van der Waals surface area contributed by atoms with Gasteiger partial charge in [0.25, 0.3) is 5.91 Å². The Bertz CT molecular complexity index is 1010. The topological polar surface area (TPSA) is 102 Å². The lowest BCUT2D eigenvalue weighted by Gasteiger charge is -2.05. The van der Waals surface area contributed by atoms with Crippen LogP contribution in [0.2, 0.25) is 0 Å². The van der Waals surface area contributed by atoms with Gasteiger partial charge in [0.05, 0.1) is 4.92 Å². The summed E-state index contributed by atoms with van der Waals surface area (Å²) in [6, 6.07) is 12.5. The number of nitro benzene ring substituents is 1. The molecule has 0 bridgehead atoms. The van der Waals surface area contributed by atoms with Gasteiger partial charge in [0.1, 0.15) is 5.69 Å². The van der Waals surface area contributed by atoms with Crippen molar-refractivity contribution in [2.24, 2.45) is 0 Å². The van der Waals surface area contributed by atoms with Crippen LogP contribution in [0.4, 0.5) is 11.4 Å². The van der Waals surface area contributed by atoms with E-state index in [9.17, 15) is 19.7 Å². The number of carbonyl (C=O) groups excluding carboxylic acids is 1. The molecule has 0 saturated carbocycles. The Hall–Kier alpha value is -3.48. The molecule has 2 aromatic carbocycles. The number of amides is 1. The number of anilines is 1. The van der Waals surface area contributed by atoms with E-state index in [1.165, 1.54) is 18.2 Å². The average Bonchev–Trinajstić information content (AvgIpc) is 2.55. The number of benzene rings is 2. The Kier molecular flexibility index (Phi) is 3.83. The number of non-ortho nitro benzene ring substituents is 1. The van der Waals surface area contributed by atoms with Gasteiger partial charge in [0.15, 0.2) is 0 Å². The van der Waals surface area contributed by atoms with E-state index in [2.05, 4.69) is 5.32 Å². The minimum atomic E-state index is -0.850. The largest absolute Gasteiger partial charge is 0.414 e. The second-order valence-corrected chi connectivity index (χ2v) is 5.22. The van der Waals surface area contributed by atoms with Crippen LogP contribution in [0.3, 0.4) is 0 Å². The van der Waals surface area contributed by atoms with E-state index in [4.69, 9.17) is 4.42 Å². The molecule has 0 spiro atoms. The van der Waals surface area contributed by atoms with Crippen molar-refractivity contribution >= 4 is 28.3 Å². The van der Waals surface area contributed by atoms with E-state index in [0.717, 1.165) is 5.56 Å². The molecule has 7 heteroatoms. The zero-order valence-corrected chi connectivity index (χ0v) is 12.6. The van der Waals surface area contributed by atoms with Gasteiger partial charge in [-0.05, 0) is 25.1 Å². The Morgan fingerprint density at radius 1 is 1.17 bits per heavy atom. The van der Waals surface area contributed by atoms with E-state index < -0.39 is 16.5 Å². The summed E-state index contributed by atoms with van der Waals surface area (Å²) in [7, 11) is 0. The maximum atomic E-state index is 12.2. The van der Waals surface area contributed by atoms with Crippen LogP contribution in [0.15, 0.2) is 57.7 Å². The number of rotatable bonds is 3. The Labute approximate surface area is 135 Å². The summed E-state index contributed by atoms with van der Waals surface area (Å²) in [5.74, 6) is -0.466. The molecule has 0 fully saturated rings. The predicted octanol–water partition coefficient (Wildman–Crippen LogP) is 3.26. The molecule has 0 aliphatic carbocycles. The second-order valence-electron chi connectivity index (χ2n) is 5.22. The number of nitrogens with zero attached hydrogens (tertiary/aromatic N) is 1. The highest BCUT2D eigenvalue weighted by Gasteiger charge is 2.17. The van der Waals surface area contributed by atoms with Crippen molar-refractivity contribution in [2.75, 3.05) is 5.32 Å². The third kappa shape index (κ3) is 2.87. The number of hydrogen-bond acceptors (Lipinski definition) is 5. The van der Waals surface area contributed by atoms with E-state index in [0.29, 0.717) is 10.9 Å². The Morgan fingerprint density at radius 3 is 2.54 bits per heavy atom. The molecule has 0 radical (unpaired) electrons. The number of para-hydroxylation sites is 1. The van der Waals surface area contributed by atoms with Crippen molar-refractivity contribution < 1.29 is 14.1 Å². The second kappa shape index (κ2) is 5.96. The highest BCUT2D eigenvalue weighted by atomic mass is 16.6. The number of nitrogens with one attached hydrogen (secondary N) is 1. The van der Waals surface area contributed by atoms with Gasteiger partial charge in [-0.25, -0.2) is 4.79 Å². The number of carbonyl (C=O) groups is 1. The van der Waals surface area contributed by atoms with Crippen LogP contribution in [-0.2, 0) is 0 Å². The summed E-state index contributed by atoms with van der Waals surface area (Å²) in [5.41, 5.74) is 0.0379. The van der Waals surface area contributed by atoms with Crippen LogP contribution in [0.1, 0.15) is 15.9 Å². The number of aryl methyl sites for hydroxylation is 1. The highest BCUT2D eigenvalue weighted by Crippen LogP contribution is 2.25. The van der Waals surface area contributed by atoms with E-state index in [1.54, 1.807) is 30.3 Å². The standard InChI is InChI=1S/C17H12N2O5/c1-10-5-7-11(8-6-10)16(20)18-13-9-12-3-2-4-14(19(22)23)15(12)24-17(13)21/h2-9H,1H3,(H,18,20). The van der Waals surface area contributed by atoms with Gasteiger partial charge in [-0.1, -0.05) is 29.8 Å². The van der Waals surface area contributed by atoms with Crippen LogP contribution in [0, 0.1) is 17.0 Å². The quantitative estimate of drug-likeness (QED) is 0.452. The molecule has 0 aliphatic heterocycles. The zero-order valence-electron chi connectivity index (χ0n) is 12.6. The first-order valence-corrected chi connectivity index (χ1v) is 7.05. The monoisotopic (exact) mass is 324 g/mol. The van der Waals surface area contributed by atoms with Crippen LogP contribution < -0.4 is 10.9 Å². The molecule has 1 N–H and O–H groups in total. The van der Waals surface area contributed by atoms with E-state index in [1.807, 2.05) is 6.92 Å². The van der Waals surface area contributed by atoms with E-state index in [-0.39, 0.29) is 17.0 Å². The van der Waals surface area contributed by atoms with Gasteiger partial charge in [0.2, 0.25) is 5.58 Å². The van der Waals surface area contributed by atoms with Crippen molar-refractivity contribution in [1.29, 1.82) is 0 Å². The molecular formula is C17H12N2O5. The molecule has 24 heavy (non-hydrogen) atoms. The van der Waals surface area contributed by atoms with Crippen molar-refractivity contribution in [3.05, 3.63) is 80.2 Å². The molecule has 3 rings (SSSR count). The zero-order chi connectivity index (χ0) is 17.3. The molecule has 120 valence electrons. The maximum Gasteiger partial charge on any atom is 0.360 e. The summed E-state index contributed by atoms with van der Waals surface area (Å²) < 4.78 is 5.03. The first-order valence-electron chi connectivity index (χ1n) is 7.05. The van der Waals surface area contributed by atoms with Crippen LogP contribution >= 0.6 is 0 Å². The summed E-state index contributed by atoms with van der Waals surface area (Å²) in [4.78, 5) is 34.6. The lowest BCUT2D eigenvalue weighted by molar-refractivity contribution is -0.383. The molecule has 1 aromatic heterocycles. The molecule has 0 unspecified atom stereocenters. The number of hydrogen-bond donors (Lipinski definition) is 1. The van der Waals surface area contributed by atoms with Gasteiger partial charge >= 0.3 is 11.3 Å². The summed E-state index contributed by atoms with van der Waals surface area (Å²) in [6.07, 6.45) is 0. The van der Waals surface area contributed by atoms with Crippen molar-refractivity contribution in [3.63, 3.8) is 0 Å². The number of nitro groups is 1. The molecule has 1 amide bonds. The van der Waals surface area contributed by atoms with Crippen molar-refractivity contribution in [3.8, 4) is 0 Å². The summed E-state index contributed by atoms with van der Waals surface area (Å²) >= 11 is 0. The third-order valence-corrected chi connectivity index (χ3v) is 3.50. The predicted molar refractivity (Wildman–Crippen MR) is 88.3 cm³/mol. The van der Waals surface area contributed by atoms with Gasteiger partial charge in [0, 0.05) is 17.0 Å². The van der Waals surface area contributed by atoms with Crippen molar-refractivity contribution in [1.82, 2.24) is 0 Å². The minimum Gasteiger partial charge on any atom is -0.414 e. The first kappa shape index (κ1) is 15.4. The molecule has 3 aromatic rings. The van der Waals surface area contributed by atoms with Crippen LogP contribution in [0.5, 0.6) is 0 Å². The third-order valence-electron chi connectivity index (χ3n) is 3.50. The highest BCUT2D eigenvalue weighted by molar-refractivity contribution is 6.04. The smallest absolute Gasteiger partial charge is 0.360 e. The summed E-state index contributed by atoms with van der Waals surface area (Å²) in [5, 5.41) is 13.8. The van der Waals surface area contributed by atoms with Crippen LogP contribution in [-0.4, -0.2) is 10.8 Å². The first-order chi connectivity index (χ1) is 11.5. The van der Waals surface area contributed by atoms with Gasteiger partial charge in [-0.3, -0.25) is 14.9 Å². The van der Waals surface area contributed by atoms with Crippen molar-refractivity contribution in [2.45, 2.75) is 6.92 Å². The fourth-order valence-corrected chi connectivity index (χ4v) is 2.26. The molecule has 1 heterocycles. The van der Waals surface area contributed by atoms with E-state index >= 15 is 0 Å². The lowest BCUT2D eigenvalue weighted by atomic mass is 10.1. The molecule has 7 nitrogen and oxygen atoms in total. The average molecular weight is 324 g/mol. The molecule has 0 aliphatic rings. The van der Waals surface area contributed by atoms with Crippen LogP contribution in [0.25, 0.3) is 11.0 Å². The lowest BCUT2D eigenvalue weighted by Crippen LogP contribution is -2.17. The molecular weight excluding hydrogens is 312 g/mol. The van der Waals surface area contributed by atoms with Gasteiger partial charge < -0.3 is 9.73 Å². The fraction of sp³-hybridized carbons (Fsp3) is 0.0588. The Balaban J connectivity index is 2.00. The number of fused-ring (bicyclic) bond motifs is 1. The fourth-order valence-electron chi connectivity index (χ4n) is 2.26. The molecule has 0 saturated heterocycles. The van der Waals surface area contributed by atoms with Gasteiger partial charge in [-0.15, -0.1) is 0 Å². The SMILES string of the molecule is Cc1ccc(C(=O)Nc2cc3cccc([N+](=O)[O-])c3oc2=O)cc1. The molecule has 0 atom stereocenters. The van der Waals surface area contributed by atoms with Gasteiger partial charge in [-0.2, -0.15) is 0 Å². The summed E-state index contributed by atoms with van der Waals surface area (Å²) in [6.45, 7) is 1.90. The maximum absolute atomic E-state index is 12.2. The minimum absolute atomic E-state index is 0.0754. The Morgan fingerprint density at radius 2 is 1.88 bits per heavy atom. The normalized spacial score (nSPS) is 10.5.